The molecular formula is C21H17F3O3S. The van der Waals surface area contributed by atoms with Gasteiger partial charge < -0.3 is 0 Å². The molecule has 0 atom stereocenters. The third-order valence-corrected chi connectivity index (χ3v) is 5.37. The minimum absolute atomic E-state index is 0.262. The van der Waals surface area contributed by atoms with Crippen LogP contribution >= 0.6 is 0 Å². The lowest BCUT2D eigenvalue weighted by molar-refractivity contribution is -0.0600. The van der Waals surface area contributed by atoms with E-state index < -0.39 is 21.2 Å². The molecule has 0 aliphatic rings. The Hall–Kier alpha value is -2.64. The van der Waals surface area contributed by atoms with E-state index in [4.69, 9.17) is 4.18 Å². The molecule has 0 aliphatic carbocycles. The van der Waals surface area contributed by atoms with Gasteiger partial charge in [-0.3, -0.25) is 0 Å². The molecule has 0 bridgehead atoms. The van der Waals surface area contributed by atoms with Crippen LogP contribution in [0.5, 0.6) is 0 Å². The van der Waals surface area contributed by atoms with Crippen molar-refractivity contribution in [1.82, 2.24) is 0 Å². The molecule has 0 spiro atoms. The van der Waals surface area contributed by atoms with Crippen molar-refractivity contribution in [2.24, 2.45) is 0 Å². The van der Waals surface area contributed by atoms with Gasteiger partial charge in [0.25, 0.3) is 0 Å². The number of aryl methyl sites for hydroxylation is 1. The molecule has 7 heteroatoms. The molecule has 0 fully saturated rings. The van der Waals surface area contributed by atoms with Crippen molar-refractivity contribution in [3.05, 3.63) is 107 Å². The van der Waals surface area contributed by atoms with Crippen molar-refractivity contribution in [2.45, 2.75) is 18.0 Å². The maximum Gasteiger partial charge on any atom is 0.523 e. The van der Waals surface area contributed by atoms with Crippen molar-refractivity contribution in [3.63, 3.8) is 0 Å². The van der Waals surface area contributed by atoms with E-state index in [1.165, 1.54) is 0 Å². The third-order valence-electron chi connectivity index (χ3n) is 4.34. The Morgan fingerprint density at radius 2 is 1.07 bits per heavy atom. The maximum atomic E-state index is 13.3. The molecule has 0 aromatic heterocycles. The van der Waals surface area contributed by atoms with Gasteiger partial charge in [0.05, 0.1) is 0 Å². The van der Waals surface area contributed by atoms with Crippen LogP contribution in [0, 0.1) is 6.92 Å². The Morgan fingerprint density at radius 1 is 0.679 bits per heavy atom. The average Bonchev–Trinajstić information content (AvgIpc) is 2.67. The predicted molar refractivity (Wildman–Crippen MR) is 100 cm³/mol. The van der Waals surface area contributed by atoms with E-state index in [0.717, 1.165) is 5.56 Å². The lowest BCUT2D eigenvalue weighted by Crippen LogP contribution is -2.39. The fourth-order valence-corrected chi connectivity index (χ4v) is 3.70. The number of halogens is 3. The summed E-state index contributed by atoms with van der Waals surface area (Å²) in [6, 6.07) is 22.5. The molecule has 3 rings (SSSR count). The van der Waals surface area contributed by atoms with Crippen molar-refractivity contribution in [1.29, 1.82) is 0 Å². The molecule has 0 heterocycles. The van der Waals surface area contributed by atoms with Crippen molar-refractivity contribution >= 4 is 10.1 Å². The molecule has 0 aliphatic heterocycles. The second-order valence-electron chi connectivity index (χ2n) is 6.26. The zero-order chi connectivity index (χ0) is 20.4. The van der Waals surface area contributed by atoms with Crippen LogP contribution < -0.4 is 0 Å². The van der Waals surface area contributed by atoms with Gasteiger partial charge in [0, 0.05) is 0 Å². The summed E-state index contributed by atoms with van der Waals surface area (Å²) in [5.41, 5.74) is -5.89. The standard InChI is InChI=1S/C21H17F3O3S/c1-16-12-14-19(15-13-16)20(17-8-4-2-5-9-17,18-10-6-3-7-11-18)27-28(25,26)21(22,23)24/h2-15H,1H3. The van der Waals surface area contributed by atoms with E-state index in [0.29, 0.717) is 0 Å². The zero-order valence-electron chi connectivity index (χ0n) is 14.8. The highest BCUT2D eigenvalue weighted by molar-refractivity contribution is 7.87. The van der Waals surface area contributed by atoms with Gasteiger partial charge in [-0.2, -0.15) is 21.6 Å². The first kappa shape index (κ1) is 20.1. The fourth-order valence-electron chi connectivity index (χ4n) is 2.99. The van der Waals surface area contributed by atoms with Gasteiger partial charge in [0.1, 0.15) is 0 Å². The van der Waals surface area contributed by atoms with Gasteiger partial charge >= 0.3 is 15.6 Å². The van der Waals surface area contributed by atoms with Gasteiger partial charge in [0.15, 0.2) is 5.60 Å². The number of rotatable bonds is 5. The van der Waals surface area contributed by atoms with Gasteiger partial charge in [-0.15, -0.1) is 0 Å². The molecule has 0 amide bonds. The monoisotopic (exact) mass is 406 g/mol. The molecule has 3 aromatic rings. The summed E-state index contributed by atoms with van der Waals surface area (Å²) >= 11 is 0. The van der Waals surface area contributed by atoms with Crippen LogP contribution in [0.2, 0.25) is 0 Å². The van der Waals surface area contributed by atoms with E-state index in [1.54, 1.807) is 84.9 Å². The third kappa shape index (κ3) is 3.68. The lowest BCUT2D eigenvalue weighted by atomic mass is 9.80. The topological polar surface area (TPSA) is 43.4 Å². The first-order valence-electron chi connectivity index (χ1n) is 8.37. The van der Waals surface area contributed by atoms with E-state index in [9.17, 15) is 21.6 Å². The van der Waals surface area contributed by atoms with Crippen molar-refractivity contribution in [3.8, 4) is 0 Å². The summed E-state index contributed by atoms with van der Waals surface area (Å²) in [5, 5.41) is 0. The van der Waals surface area contributed by atoms with Crippen LogP contribution in [-0.4, -0.2) is 13.9 Å². The summed E-state index contributed by atoms with van der Waals surface area (Å²) < 4.78 is 69.0. The number of hydrogen-bond acceptors (Lipinski definition) is 3. The quantitative estimate of drug-likeness (QED) is 0.334. The van der Waals surface area contributed by atoms with Crippen LogP contribution in [0.4, 0.5) is 13.2 Å². The normalized spacial score (nSPS) is 12.7. The highest BCUT2D eigenvalue weighted by Crippen LogP contribution is 2.44. The smallest absolute Gasteiger partial charge is 0.242 e. The van der Waals surface area contributed by atoms with Crippen LogP contribution in [0.15, 0.2) is 84.9 Å². The van der Waals surface area contributed by atoms with Gasteiger partial charge in [-0.05, 0) is 23.6 Å². The summed E-state index contributed by atoms with van der Waals surface area (Å²) in [5.74, 6) is 0. The molecule has 0 N–H and O–H groups in total. The Kier molecular flexibility index (Phi) is 5.32. The molecule has 0 unspecified atom stereocenters. The highest BCUT2D eigenvalue weighted by Gasteiger charge is 2.53. The van der Waals surface area contributed by atoms with Gasteiger partial charge in [-0.25, -0.2) is 4.18 Å². The minimum atomic E-state index is -5.91. The second kappa shape index (κ2) is 7.41. The minimum Gasteiger partial charge on any atom is -0.242 e. The van der Waals surface area contributed by atoms with Crippen molar-refractivity contribution in [2.75, 3.05) is 0 Å². The van der Waals surface area contributed by atoms with E-state index in [1.807, 2.05) is 6.92 Å². The number of alkyl halides is 3. The van der Waals surface area contributed by atoms with Crippen LogP contribution in [0.25, 0.3) is 0 Å². The Balaban J connectivity index is 2.38. The molecular weight excluding hydrogens is 389 g/mol. The van der Waals surface area contributed by atoms with Gasteiger partial charge in [0.2, 0.25) is 0 Å². The Labute approximate surface area is 161 Å². The largest absolute Gasteiger partial charge is 0.523 e. The highest BCUT2D eigenvalue weighted by atomic mass is 32.2. The first-order valence-corrected chi connectivity index (χ1v) is 9.78. The van der Waals surface area contributed by atoms with E-state index in [-0.39, 0.29) is 16.7 Å². The zero-order valence-corrected chi connectivity index (χ0v) is 15.7. The molecule has 3 aromatic carbocycles. The summed E-state index contributed by atoms with van der Waals surface area (Å²) in [6.07, 6.45) is 0. The van der Waals surface area contributed by atoms with Gasteiger partial charge in [-0.1, -0.05) is 90.5 Å². The van der Waals surface area contributed by atoms with Crippen LogP contribution in [0.3, 0.4) is 0 Å². The van der Waals surface area contributed by atoms with Crippen LogP contribution in [-0.2, 0) is 19.9 Å². The Bertz CT molecular complexity index is 990. The fraction of sp³-hybridized carbons (Fsp3) is 0.143. The van der Waals surface area contributed by atoms with E-state index >= 15 is 0 Å². The molecule has 0 radical (unpaired) electrons. The predicted octanol–water partition coefficient (Wildman–Crippen LogP) is 5.15. The summed E-state index contributed by atoms with van der Waals surface area (Å²) in [4.78, 5) is 0. The van der Waals surface area contributed by atoms with E-state index in [2.05, 4.69) is 0 Å². The number of hydrogen-bond donors (Lipinski definition) is 0. The SMILES string of the molecule is Cc1ccc(C(OS(=O)(=O)C(F)(F)F)(c2ccccc2)c2ccccc2)cc1. The average molecular weight is 406 g/mol. The second-order valence-corrected chi connectivity index (χ2v) is 7.80. The molecule has 146 valence electrons. The summed E-state index contributed by atoms with van der Waals surface area (Å²) in [7, 11) is -5.91. The Morgan fingerprint density at radius 3 is 1.46 bits per heavy atom. The van der Waals surface area contributed by atoms with Crippen molar-refractivity contribution < 1.29 is 25.8 Å². The molecule has 28 heavy (non-hydrogen) atoms. The maximum absolute atomic E-state index is 13.3. The van der Waals surface area contributed by atoms with Crippen LogP contribution in [0.1, 0.15) is 22.3 Å². The summed E-state index contributed by atoms with van der Waals surface area (Å²) in [6.45, 7) is 1.82. The molecule has 0 saturated heterocycles. The molecule has 0 saturated carbocycles. The first-order chi connectivity index (χ1) is 13.2. The molecule has 3 nitrogen and oxygen atoms in total. The lowest BCUT2D eigenvalue weighted by Gasteiger charge is -2.35. The number of benzene rings is 3.